The first-order valence-corrected chi connectivity index (χ1v) is 8.32. The van der Waals surface area contributed by atoms with Crippen molar-refractivity contribution in [1.29, 1.82) is 0 Å². The molecule has 0 heterocycles. The van der Waals surface area contributed by atoms with Gasteiger partial charge in [-0.25, -0.2) is 8.42 Å². The van der Waals surface area contributed by atoms with E-state index >= 15 is 0 Å². The summed E-state index contributed by atoms with van der Waals surface area (Å²) in [5, 5.41) is 0. The van der Waals surface area contributed by atoms with Gasteiger partial charge >= 0.3 is 0 Å². The summed E-state index contributed by atoms with van der Waals surface area (Å²) in [6.45, 7) is 4.19. The minimum absolute atomic E-state index is 0.0713. The summed E-state index contributed by atoms with van der Waals surface area (Å²) in [5.41, 5.74) is 0.0713. The lowest BCUT2D eigenvalue weighted by Gasteiger charge is -2.22. The molecule has 0 aromatic heterocycles. The predicted octanol–water partition coefficient (Wildman–Crippen LogP) is 2.15. The lowest BCUT2D eigenvalue weighted by molar-refractivity contribution is 0.343. The van der Waals surface area contributed by atoms with E-state index < -0.39 is 10.0 Å². The van der Waals surface area contributed by atoms with Gasteiger partial charge in [0.25, 0.3) is 10.0 Å². The van der Waals surface area contributed by atoms with E-state index in [1.807, 2.05) is 0 Å². The van der Waals surface area contributed by atoms with Crippen molar-refractivity contribution in [3.05, 3.63) is 0 Å². The van der Waals surface area contributed by atoms with Crippen molar-refractivity contribution >= 4 is 39.0 Å². The maximum Gasteiger partial charge on any atom is 0.254 e. The Labute approximate surface area is 113 Å². The number of hydrogen-bond donors (Lipinski definition) is 0. The van der Waals surface area contributed by atoms with E-state index in [0.717, 1.165) is 10.8 Å². The molecule has 0 rings (SSSR count). The van der Waals surface area contributed by atoms with Crippen molar-refractivity contribution in [2.45, 2.75) is 26.7 Å². The third-order valence-corrected chi connectivity index (χ3v) is 3.92. The zero-order valence-corrected chi connectivity index (χ0v) is 13.4. The van der Waals surface area contributed by atoms with Crippen molar-refractivity contribution in [2.24, 2.45) is 9.81 Å². The molecule has 0 aliphatic carbocycles. The number of halogens is 1. The lowest BCUT2D eigenvalue weighted by atomic mass is 9.87. The van der Waals surface area contributed by atoms with E-state index in [2.05, 4.69) is 40.8 Å². The molecule has 0 radical (unpaired) electrons. The molecule has 0 N–H and O–H groups in total. The van der Waals surface area contributed by atoms with Gasteiger partial charge in [0, 0.05) is 18.5 Å². The van der Waals surface area contributed by atoms with Crippen molar-refractivity contribution in [3.8, 4) is 0 Å². The van der Waals surface area contributed by atoms with Gasteiger partial charge in [-0.15, -0.1) is 0 Å². The zero-order chi connectivity index (χ0) is 12.8. The van der Waals surface area contributed by atoms with Gasteiger partial charge in [0.1, 0.15) is 6.34 Å². The van der Waals surface area contributed by atoms with E-state index in [1.165, 1.54) is 6.34 Å². The number of alkyl halides is 1. The second-order valence-electron chi connectivity index (χ2n) is 4.82. The van der Waals surface area contributed by atoms with Gasteiger partial charge in [-0.3, -0.25) is 0 Å². The van der Waals surface area contributed by atoms with Crippen LogP contribution in [0.4, 0.5) is 0 Å². The standard InChI is InChI=1S/C10H21IN2O2S/c1-10(2,5-7-11)6-8-16(14,15)12-9-13(3)4/h9H,5-8H2,1-4H3. The molecule has 0 aromatic rings. The largest absolute Gasteiger partial charge is 0.368 e. The maximum atomic E-state index is 11.6. The fraction of sp³-hybridized carbons (Fsp3) is 0.900. The molecule has 6 heteroatoms. The molecule has 0 atom stereocenters. The topological polar surface area (TPSA) is 49.7 Å². The van der Waals surface area contributed by atoms with Gasteiger partial charge in [0.05, 0.1) is 5.75 Å². The lowest BCUT2D eigenvalue weighted by Crippen LogP contribution is -2.18. The van der Waals surface area contributed by atoms with Gasteiger partial charge < -0.3 is 4.90 Å². The molecule has 0 aliphatic heterocycles. The summed E-state index contributed by atoms with van der Waals surface area (Å²) in [6, 6.07) is 0. The highest BCUT2D eigenvalue weighted by molar-refractivity contribution is 14.1. The normalized spacial score (nSPS) is 13.3. The van der Waals surface area contributed by atoms with Crippen LogP contribution < -0.4 is 0 Å². The highest BCUT2D eigenvalue weighted by atomic mass is 127. The molecule has 0 amide bonds. The second kappa shape index (κ2) is 6.78. The van der Waals surface area contributed by atoms with Crippen LogP contribution in [0.2, 0.25) is 0 Å². The second-order valence-corrected chi connectivity index (χ2v) is 7.69. The van der Waals surface area contributed by atoms with Crippen LogP contribution in [0, 0.1) is 5.41 Å². The Morgan fingerprint density at radius 1 is 1.31 bits per heavy atom. The number of sulfonamides is 1. The van der Waals surface area contributed by atoms with Crippen molar-refractivity contribution in [1.82, 2.24) is 4.90 Å². The van der Waals surface area contributed by atoms with Gasteiger partial charge in [-0.05, 0) is 18.3 Å². The third kappa shape index (κ3) is 8.32. The SMILES string of the molecule is CN(C)C=NS(=O)(=O)CCC(C)(C)CCI. The van der Waals surface area contributed by atoms with E-state index in [4.69, 9.17) is 0 Å². The highest BCUT2D eigenvalue weighted by Crippen LogP contribution is 2.26. The molecule has 0 aromatic carbocycles. The van der Waals surface area contributed by atoms with E-state index in [9.17, 15) is 8.42 Å². The fourth-order valence-corrected chi connectivity index (χ4v) is 3.71. The minimum atomic E-state index is -3.30. The van der Waals surface area contributed by atoms with Crippen LogP contribution in [-0.2, 0) is 10.0 Å². The van der Waals surface area contributed by atoms with Gasteiger partial charge in [-0.1, -0.05) is 36.4 Å². The monoisotopic (exact) mass is 360 g/mol. The third-order valence-electron chi connectivity index (χ3n) is 2.25. The summed E-state index contributed by atoms with van der Waals surface area (Å²) in [6.07, 6.45) is 3.02. The molecule has 16 heavy (non-hydrogen) atoms. The van der Waals surface area contributed by atoms with E-state index in [0.29, 0.717) is 6.42 Å². The molecule has 4 nitrogen and oxygen atoms in total. The maximum absolute atomic E-state index is 11.6. The van der Waals surface area contributed by atoms with Crippen LogP contribution in [-0.4, -0.2) is 43.9 Å². The molecule has 0 spiro atoms. The first-order valence-electron chi connectivity index (χ1n) is 5.19. The van der Waals surface area contributed by atoms with Crippen LogP contribution in [0.15, 0.2) is 4.40 Å². The summed E-state index contributed by atoms with van der Waals surface area (Å²) < 4.78 is 27.8. The van der Waals surface area contributed by atoms with Gasteiger partial charge in [-0.2, -0.15) is 4.40 Å². The zero-order valence-electron chi connectivity index (χ0n) is 10.4. The van der Waals surface area contributed by atoms with Gasteiger partial charge in [0.15, 0.2) is 0 Å². The first-order chi connectivity index (χ1) is 7.18. The van der Waals surface area contributed by atoms with Gasteiger partial charge in [0.2, 0.25) is 0 Å². The molecule has 0 fully saturated rings. The van der Waals surface area contributed by atoms with Crippen LogP contribution in [0.1, 0.15) is 26.7 Å². The van der Waals surface area contributed by atoms with Crippen LogP contribution in [0.5, 0.6) is 0 Å². The Bertz CT molecular complexity index is 324. The molecule has 0 saturated carbocycles. The van der Waals surface area contributed by atoms with E-state index in [-0.39, 0.29) is 11.2 Å². The Balaban J connectivity index is 4.29. The van der Waals surface area contributed by atoms with Crippen molar-refractivity contribution in [3.63, 3.8) is 0 Å². The molecule has 0 aliphatic rings. The predicted molar refractivity (Wildman–Crippen MR) is 77.9 cm³/mol. The first kappa shape index (κ1) is 16.1. The summed E-state index contributed by atoms with van der Waals surface area (Å²) in [5.74, 6) is 0.126. The molecule has 0 bridgehead atoms. The van der Waals surface area contributed by atoms with Crippen molar-refractivity contribution < 1.29 is 8.42 Å². The number of nitrogens with zero attached hydrogens (tertiary/aromatic N) is 2. The van der Waals surface area contributed by atoms with E-state index in [1.54, 1.807) is 19.0 Å². The number of hydrogen-bond acceptors (Lipinski definition) is 2. The highest BCUT2D eigenvalue weighted by Gasteiger charge is 2.20. The average Bonchev–Trinajstić information content (AvgIpc) is 2.13. The molecular weight excluding hydrogens is 339 g/mol. The molecule has 0 saturated heterocycles. The Morgan fingerprint density at radius 2 is 1.88 bits per heavy atom. The summed E-state index contributed by atoms with van der Waals surface area (Å²) >= 11 is 2.31. The summed E-state index contributed by atoms with van der Waals surface area (Å²) in [4.78, 5) is 1.62. The van der Waals surface area contributed by atoms with Crippen LogP contribution in [0.25, 0.3) is 0 Å². The smallest absolute Gasteiger partial charge is 0.254 e. The Hall–Kier alpha value is 0.150. The Morgan fingerprint density at radius 3 is 2.31 bits per heavy atom. The molecular formula is C10H21IN2O2S. The quantitative estimate of drug-likeness (QED) is 0.303. The van der Waals surface area contributed by atoms with Crippen LogP contribution in [0.3, 0.4) is 0 Å². The minimum Gasteiger partial charge on any atom is -0.368 e. The molecule has 0 unspecified atom stereocenters. The summed E-state index contributed by atoms with van der Waals surface area (Å²) in [7, 11) is 0.195. The van der Waals surface area contributed by atoms with Crippen LogP contribution >= 0.6 is 22.6 Å². The Kier molecular flexibility index (Phi) is 6.84. The average molecular weight is 360 g/mol. The molecule has 96 valence electrons. The fourth-order valence-electron chi connectivity index (χ4n) is 1.00. The van der Waals surface area contributed by atoms with Crippen molar-refractivity contribution in [2.75, 3.05) is 24.3 Å². The number of rotatable bonds is 7.